The first-order valence-corrected chi connectivity index (χ1v) is 7.58. The van der Waals surface area contributed by atoms with E-state index in [1.807, 2.05) is 12.1 Å². The normalized spacial score (nSPS) is 14.1. The SMILES string of the molecule is CCC(C)(CCO)c1cc(OC)ccc1/C(=C\OC)C(=O)OC. The first kappa shape index (κ1) is 19.0. The molecule has 5 heteroatoms. The molecule has 0 aliphatic heterocycles. The predicted octanol–water partition coefficient (Wildman–Crippen LogP) is 2.91. The van der Waals surface area contributed by atoms with E-state index in [1.54, 1.807) is 13.2 Å². The second-order valence-corrected chi connectivity index (χ2v) is 5.56. The van der Waals surface area contributed by atoms with E-state index in [4.69, 9.17) is 14.2 Å². The van der Waals surface area contributed by atoms with Crippen molar-refractivity contribution >= 4 is 11.5 Å². The molecule has 0 bridgehead atoms. The lowest BCUT2D eigenvalue weighted by molar-refractivity contribution is -0.133. The van der Waals surface area contributed by atoms with Gasteiger partial charge in [-0.3, -0.25) is 0 Å². The van der Waals surface area contributed by atoms with E-state index >= 15 is 0 Å². The third-order valence-corrected chi connectivity index (χ3v) is 4.25. The zero-order valence-electron chi connectivity index (χ0n) is 14.5. The maximum absolute atomic E-state index is 12.1. The van der Waals surface area contributed by atoms with Crippen molar-refractivity contribution in [3.8, 4) is 5.75 Å². The van der Waals surface area contributed by atoms with Crippen LogP contribution >= 0.6 is 0 Å². The van der Waals surface area contributed by atoms with E-state index in [-0.39, 0.29) is 12.0 Å². The minimum atomic E-state index is -0.472. The van der Waals surface area contributed by atoms with Gasteiger partial charge < -0.3 is 19.3 Å². The Labute approximate surface area is 137 Å². The first-order chi connectivity index (χ1) is 11.0. The number of aliphatic hydroxyl groups excluding tert-OH is 1. The Kier molecular flexibility index (Phi) is 7.10. The number of hydrogen-bond donors (Lipinski definition) is 1. The fraction of sp³-hybridized carbons (Fsp3) is 0.500. The number of esters is 1. The quantitative estimate of drug-likeness (QED) is 0.453. The van der Waals surface area contributed by atoms with Crippen LogP contribution in [0.3, 0.4) is 0 Å². The van der Waals surface area contributed by atoms with Gasteiger partial charge in [0.25, 0.3) is 0 Å². The lowest BCUT2D eigenvalue weighted by atomic mass is 9.74. The highest BCUT2D eigenvalue weighted by atomic mass is 16.5. The van der Waals surface area contributed by atoms with E-state index in [1.165, 1.54) is 20.5 Å². The molecule has 1 unspecified atom stereocenters. The number of methoxy groups -OCH3 is 3. The molecule has 5 nitrogen and oxygen atoms in total. The van der Waals surface area contributed by atoms with Gasteiger partial charge in [-0.1, -0.05) is 19.9 Å². The Morgan fingerprint density at radius 1 is 1.30 bits per heavy atom. The summed E-state index contributed by atoms with van der Waals surface area (Å²) < 4.78 is 15.2. The van der Waals surface area contributed by atoms with Gasteiger partial charge in [0.2, 0.25) is 0 Å². The van der Waals surface area contributed by atoms with Crippen molar-refractivity contribution in [2.24, 2.45) is 0 Å². The molecule has 0 fully saturated rings. The zero-order valence-corrected chi connectivity index (χ0v) is 14.5. The molecule has 0 saturated heterocycles. The number of carbonyl (C=O) groups is 1. The van der Waals surface area contributed by atoms with Gasteiger partial charge in [-0.15, -0.1) is 0 Å². The molecule has 1 N–H and O–H groups in total. The first-order valence-electron chi connectivity index (χ1n) is 7.58. The van der Waals surface area contributed by atoms with Gasteiger partial charge >= 0.3 is 5.97 Å². The fourth-order valence-corrected chi connectivity index (χ4v) is 2.58. The average Bonchev–Trinajstić information content (AvgIpc) is 2.58. The van der Waals surface area contributed by atoms with E-state index in [0.717, 1.165) is 17.5 Å². The van der Waals surface area contributed by atoms with Crippen LogP contribution in [0.5, 0.6) is 5.75 Å². The molecule has 23 heavy (non-hydrogen) atoms. The highest BCUT2D eigenvalue weighted by Gasteiger charge is 2.30. The minimum Gasteiger partial charge on any atom is -0.503 e. The molecule has 0 aromatic heterocycles. The van der Waals surface area contributed by atoms with Gasteiger partial charge in [-0.25, -0.2) is 4.79 Å². The van der Waals surface area contributed by atoms with Gasteiger partial charge in [0.1, 0.15) is 11.3 Å². The maximum atomic E-state index is 12.1. The number of ether oxygens (including phenoxy) is 3. The molecule has 0 radical (unpaired) electrons. The summed E-state index contributed by atoms with van der Waals surface area (Å²) in [6, 6.07) is 5.52. The van der Waals surface area contributed by atoms with Crippen LogP contribution in [-0.2, 0) is 19.7 Å². The molecule has 0 amide bonds. The second-order valence-electron chi connectivity index (χ2n) is 5.56. The molecular weight excluding hydrogens is 296 g/mol. The van der Waals surface area contributed by atoms with Crippen LogP contribution < -0.4 is 4.74 Å². The van der Waals surface area contributed by atoms with Gasteiger partial charge in [-0.05, 0) is 41.5 Å². The molecule has 0 aliphatic rings. The van der Waals surface area contributed by atoms with Crippen molar-refractivity contribution in [2.45, 2.75) is 32.1 Å². The Hall–Kier alpha value is -2.01. The van der Waals surface area contributed by atoms with E-state index in [0.29, 0.717) is 17.7 Å². The predicted molar refractivity (Wildman–Crippen MR) is 89.3 cm³/mol. The van der Waals surface area contributed by atoms with Crippen LogP contribution in [-0.4, -0.2) is 39.0 Å². The third-order valence-electron chi connectivity index (χ3n) is 4.25. The lowest BCUT2D eigenvalue weighted by Crippen LogP contribution is -2.25. The summed E-state index contributed by atoms with van der Waals surface area (Å²) in [5.74, 6) is 0.226. The highest BCUT2D eigenvalue weighted by Crippen LogP contribution is 2.38. The largest absolute Gasteiger partial charge is 0.503 e. The number of hydrogen-bond acceptors (Lipinski definition) is 5. The molecule has 0 aliphatic carbocycles. The van der Waals surface area contributed by atoms with Crippen molar-refractivity contribution in [1.29, 1.82) is 0 Å². The number of carbonyl (C=O) groups excluding carboxylic acids is 1. The van der Waals surface area contributed by atoms with Crippen LogP contribution in [0.2, 0.25) is 0 Å². The van der Waals surface area contributed by atoms with Gasteiger partial charge in [-0.2, -0.15) is 0 Å². The van der Waals surface area contributed by atoms with Gasteiger partial charge in [0, 0.05) is 6.61 Å². The standard InChI is InChI=1S/C18H26O5/c1-6-18(2,9-10-19)16-11-13(22-4)7-8-14(16)15(12-21-3)17(20)23-5/h7-8,11-12,19H,6,9-10H2,1-5H3/b15-12+. The van der Waals surface area contributed by atoms with Crippen LogP contribution in [0.1, 0.15) is 37.8 Å². The molecule has 0 spiro atoms. The second kappa shape index (κ2) is 8.58. The van der Waals surface area contributed by atoms with Crippen LogP contribution in [0.15, 0.2) is 24.5 Å². The molecular formula is C18H26O5. The summed E-state index contributed by atoms with van der Waals surface area (Å²) in [7, 11) is 4.42. The van der Waals surface area contributed by atoms with E-state index in [9.17, 15) is 9.90 Å². The molecule has 0 saturated carbocycles. The van der Waals surface area contributed by atoms with Crippen LogP contribution in [0.25, 0.3) is 5.57 Å². The Morgan fingerprint density at radius 3 is 2.48 bits per heavy atom. The molecule has 1 aromatic carbocycles. The lowest BCUT2D eigenvalue weighted by Gasteiger charge is -2.31. The third kappa shape index (κ3) is 4.26. The zero-order chi connectivity index (χ0) is 17.5. The minimum absolute atomic E-state index is 0.0581. The van der Waals surface area contributed by atoms with Crippen molar-refractivity contribution in [3.63, 3.8) is 0 Å². The number of rotatable bonds is 8. The van der Waals surface area contributed by atoms with Crippen molar-refractivity contribution in [1.82, 2.24) is 0 Å². The summed E-state index contributed by atoms with van der Waals surface area (Å²) in [6.07, 6.45) is 2.76. The smallest absolute Gasteiger partial charge is 0.341 e. The summed E-state index contributed by atoms with van der Waals surface area (Å²) >= 11 is 0. The topological polar surface area (TPSA) is 65.0 Å². The molecule has 128 valence electrons. The monoisotopic (exact) mass is 322 g/mol. The van der Waals surface area contributed by atoms with Gasteiger partial charge in [0.15, 0.2) is 0 Å². The fourth-order valence-electron chi connectivity index (χ4n) is 2.58. The van der Waals surface area contributed by atoms with E-state index in [2.05, 4.69) is 13.8 Å². The van der Waals surface area contributed by atoms with Gasteiger partial charge in [0.05, 0.1) is 27.6 Å². The number of benzene rings is 1. The average molecular weight is 322 g/mol. The van der Waals surface area contributed by atoms with Crippen molar-refractivity contribution in [3.05, 3.63) is 35.6 Å². The van der Waals surface area contributed by atoms with Crippen LogP contribution in [0, 0.1) is 0 Å². The molecule has 1 atom stereocenters. The molecule has 1 rings (SSSR count). The summed E-state index contributed by atoms with van der Waals surface area (Å²) in [5, 5.41) is 9.45. The Bertz CT molecular complexity index is 565. The summed E-state index contributed by atoms with van der Waals surface area (Å²) in [5.41, 5.74) is 1.67. The number of aliphatic hydroxyl groups is 1. The summed E-state index contributed by atoms with van der Waals surface area (Å²) in [4.78, 5) is 12.1. The highest BCUT2D eigenvalue weighted by molar-refractivity contribution is 6.16. The molecule has 0 heterocycles. The van der Waals surface area contributed by atoms with E-state index < -0.39 is 5.97 Å². The Morgan fingerprint density at radius 2 is 2.00 bits per heavy atom. The Balaban J connectivity index is 3.59. The van der Waals surface area contributed by atoms with Crippen LogP contribution in [0.4, 0.5) is 0 Å². The summed E-state index contributed by atoms with van der Waals surface area (Å²) in [6.45, 7) is 4.17. The van der Waals surface area contributed by atoms with Crippen molar-refractivity contribution < 1.29 is 24.1 Å². The maximum Gasteiger partial charge on any atom is 0.341 e. The van der Waals surface area contributed by atoms with Crippen molar-refractivity contribution in [2.75, 3.05) is 27.9 Å². The molecule has 1 aromatic rings.